The Labute approximate surface area is 180 Å². The van der Waals surface area contributed by atoms with Crippen LogP contribution in [0.4, 0.5) is 4.39 Å². The van der Waals surface area contributed by atoms with Crippen molar-refractivity contribution >= 4 is 33.4 Å². The summed E-state index contributed by atoms with van der Waals surface area (Å²) in [6.45, 7) is 1.82. The number of aliphatic hydroxyl groups is 1. The first-order valence-corrected chi connectivity index (χ1v) is 9.99. The molecule has 4 rings (SSSR count). The smallest absolute Gasteiger partial charge is 0.296 e. The summed E-state index contributed by atoms with van der Waals surface area (Å²) in [5.41, 5.74) is 1.01. The lowest BCUT2D eigenvalue weighted by molar-refractivity contribution is -0.140. The maximum atomic E-state index is 13.3. The van der Waals surface area contributed by atoms with Gasteiger partial charge in [-0.15, -0.1) is 0 Å². The fourth-order valence-corrected chi connectivity index (χ4v) is 3.75. The van der Waals surface area contributed by atoms with Gasteiger partial charge in [0.05, 0.1) is 5.57 Å². The highest BCUT2D eigenvalue weighted by Crippen LogP contribution is 2.40. The molecule has 0 bridgehead atoms. The number of rotatable bonds is 4. The molecule has 0 saturated carbocycles. The van der Waals surface area contributed by atoms with Crippen LogP contribution in [0.5, 0.6) is 0 Å². The van der Waals surface area contributed by atoms with Gasteiger partial charge >= 0.3 is 0 Å². The minimum atomic E-state index is -0.896. The van der Waals surface area contributed by atoms with E-state index < -0.39 is 23.5 Å². The normalized spacial score (nSPS) is 18.2. The molecule has 3 aromatic rings. The number of nitrogens with zero attached hydrogens (tertiary/aromatic N) is 1. The van der Waals surface area contributed by atoms with Gasteiger partial charge in [0.25, 0.3) is 11.7 Å². The molecule has 152 valence electrons. The van der Waals surface area contributed by atoms with E-state index in [1.54, 1.807) is 55.5 Å². The summed E-state index contributed by atoms with van der Waals surface area (Å²) in [6.07, 6.45) is 0. The highest BCUT2D eigenvalue weighted by Gasteiger charge is 2.47. The van der Waals surface area contributed by atoms with Gasteiger partial charge in [0.2, 0.25) is 0 Å². The largest absolute Gasteiger partial charge is 0.507 e. The van der Waals surface area contributed by atoms with Crippen LogP contribution in [0.3, 0.4) is 0 Å². The minimum Gasteiger partial charge on any atom is -0.507 e. The summed E-state index contributed by atoms with van der Waals surface area (Å²) in [6, 6.07) is 15.0. The number of benzene rings is 2. The third-order valence-electron chi connectivity index (χ3n) is 4.95. The predicted octanol–water partition coefficient (Wildman–Crippen LogP) is 5.11. The Balaban J connectivity index is 1.83. The quantitative estimate of drug-likeness (QED) is 0.327. The molecule has 7 heteroatoms. The third kappa shape index (κ3) is 3.68. The number of carbonyl (C=O) groups excluding carboxylic acids is 2. The lowest BCUT2D eigenvalue weighted by Crippen LogP contribution is -2.29. The van der Waals surface area contributed by atoms with Gasteiger partial charge in [-0.2, -0.15) is 0 Å². The molecule has 1 saturated heterocycles. The van der Waals surface area contributed by atoms with Gasteiger partial charge in [-0.05, 0) is 48.9 Å². The number of furan rings is 1. The molecule has 0 aliphatic carbocycles. The van der Waals surface area contributed by atoms with Crippen molar-refractivity contribution in [2.75, 3.05) is 0 Å². The van der Waals surface area contributed by atoms with Gasteiger partial charge in [0.1, 0.15) is 29.1 Å². The summed E-state index contributed by atoms with van der Waals surface area (Å²) >= 11 is 3.33. The van der Waals surface area contributed by atoms with Crippen molar-refractivity contribution in [2.45, 2.75) is 19.5 Å². The van der Waals surface area contributed by atoms with Crippen LogP contribution in [0, 0.1) is 12.7 Å². The molecule has 1 N–H and O–H groups in total. The Hall–Kier alpha value is -3.19. The molecule has 1 atom stereocenters. The predicted molar refractivity (Wildman–Crippen MR) is 112 cm³/mol. The Kier molecular flexibility index (Phi) is 5.30. The molecule has 0 radical (unpaired) electrons. The van der Waals surface area contributed by atoms with E-state index in [9.17, 15) is 19.1 Å². The molecule has 1 fully saturated rings. The molecule has 2 heterocycles. The number of hydrogen-bond acceptors (Lipinski definition) is 4. The molecule has 5 nitrogen and oxygen atoms in total. The zero-order chi connectivity index (χ0) is 21.4. The fraction of sp³-hybridized carbons (Fsp3) is 0.130. The van der Waals surface area contributed by atoms with Crippen molar-refractivity contribution < 1.29 is 23.5 Å². The molecular weight excluding hydrogens is 453 g/mol. The van der Waals surface area contributed by atoms with Crippen molar-refractivity contribution in [2.24, 2.45) is 0 Å². The van der Waals surface area contributed by atoms with Crippen LogP contribution >= 0.6 is 15.9 Å². The molecule has 1 unspecified atom stereocenters. The van der Waals surface area contributed by atoms with Crippen LogP contribution in [0.2, 0.25) is 0 Å². The topological polar surface area (TPSA) is 70.8 Å². The molecule has 0 spiro atoms. The van der Waals surface area contributed by atoms with E-state index in [1.165, 1.54) is 17.0 Å². The number of likely N-dealkylation sites (tertiary alicyclic amines) is 1. The maximum Gasteiger partial charge on any atom is 0.296 e. The van der Waals surface area contributed by atoms with E-state index >= 15 is 0 Å². The molecule has 1 amide bonds. The van der Waals surface area contributed by atoms with E-state index in [0.717, 1.165) is 4.47 Å². The van der Waals surface area contributed by atoms with Crippen molar-refractivity contribution in [3.05, 3.63) is 99.2 Å². The molecule has 30 heavy (non-hydrogen) atoms. The van der Waals surface area contributed by atoms with E-state index in [1.807, 2.05) is 0 Å². The number of Topliss-reactive ketones (excluding diaryl/α,β-unsaturated/α-hetero) is 1. The zero-order valence-electron chi connectivity index (χ0n) is 15.9. The SMILES string of the molecule is Cc1ccc(C2/C(=C(/O)c3ccc(Br)cc3)C(=O)C(=O)N2Cc2ccc(F)cc2)o1. The maximum absolute atomic E-state index is 13.3. The Morgan fingerprint density at radius 1 is 1.07 bits per heavy atom. The highest BCUT2D eigenvalue weighted by molar-refractivity contribution is 9.10. The lowest BCUT2D eigenvalue weighted by atomic mass is 9.99. The Morgan fingerprint density at radius 3 is 2.33 bits per heavy atom. The summed E-state index contributed by atoms with van der Waals surface area (Å²) in [7, 11) is 0. The number of amides is 1. The van der Waals surface area contributed by atoms with Crippen LogP contribution in [0.1, 0.15) is 28.7 Å². The second kappa shape index (κ2) is 7.91. The third-order valence-corrected chi connectivity index (χ3v) is 5.48. The first-order chi connectivity index (χ1) is 14.3. The van der Waals surface area contributed by atoms with E-state index in [4.69, 9.17) is 4.42 Å². The van der Waals surface area contributed by atoms with Crippen LogP contribution in [-0.4, -0.2) is 21.7 Å². The highest BCUT2D eigenvalue weighted by atomic mass is 79.9. The van der Waals surface area contributed by atoms with Gasteiger partial charge in [-0.3, -0.25) is 9.59 Å². The number of ketones is 1. The molecule has 2 aromatic carbocycles. The van der Waals surface area contributed by atoms with Crippen molar-refractivity contribution in [1.29, 1.82) is 0 Å². The molecule has 1 aliphatic rings. The number of aliphatic hydroxyl groups excluding tert-OH is 1. The lowest BCUT2D eigenvalue weighted by Gasteiger charge is -2.23. The number of hydrogen-bond donors (Lipinski definition) is 1. The number of halogens is 2. The fourth-order valence-electron chi connectivity index (χ4n) is 3.49. The van der Waals surface area contributed by atoms with Gasteiger partial charge in [-0.25, -0.2) is 4.39 Å². The van der Waals surface area contributed by atoms with Crippen molar-refractivity contribution in [3.8, 4) is 0 Å². The minimum absolute atomic E-state index is 0.0428. The van der Waals surface area contributed by atoms with E-state index in [2.05, 4.69) is 15.9 Å². The Morgan fingerprint density at radius 2 is 1.73 bits per heavy atom. The van der Waals surface area contributed by atoms with Crippen molar-refractivity contribution in [3.63, 3.8) is 0 Å². The first kappa shape index (κ1) is 20.1. The van der Waals surface area contributed by atoms with Crippen LogP contribution in [-0.2, 0) is 16.1 Å². The van der Waals surface area contributed by atoms with Gasteiger partial charge in [0, 0.05) is 16.6 Å². The second-order valence-electron chi connectivity index (χ2n) is 7.01. The summed E-state index contributed by atoms with van der Waals surface area (Å²) < 4.78 is 19.8. The van der Waals surface area contributed by atoms with Gasteiger partial charge in [0.15, 0.2) is 0 Å². The molecule has 1 aromatic heterocycles. The van der Waals surface area contributed by atoms with Gasteiger partial charge < -0.3 is 14.4 Å². The average molecular weight is 470 g/mol. The second-order valence-corrected chi connectivity index (χ2v) is 7.92. The zero-order valence-corrected chi connectivity index (χ0v) is 17.5. The number of carbonyl (C=O) groups is 2. The van der Waals surface area contributed by atoms with E-state index in [0.29, 0.717) is 22.6 Å². The van der Waals surface area contributed by atoms with Crippen molar-refractivity contribution in [1.82, 2.24) is 4.90 Å². The molecular formula is C23H17BrFNO4. The summed E-state index contributed by atoms with van der Waals surface area (Å²) in [4.78, 5) is 27.1. The van der Waals surface area contributed by atoms with Crippen LogP contribution in [0.25, 0.3) is 5.76 Å². The monoisotopic (exact) mass is 469 g/mol. The summed E-state index contributed by atoms with van der Waals surface area (Å²) in [5, 5.41) is 10.9. The average Bonchev–Trinajstić information content (AvgIpc) is 3.26. The van der Waals surface area contributed by atoms with E-state index in [-0.39, 0.29) is 17.9 Å². The van der Waals surface area contributed by atoms with Gasteiger partial charge in [-0.1, -0.05) is 40.2 Å². The summed E-state index contributed by atoms with van der Waals surface area (Å²) in [5.74, 6) is -1.24. The molecule has 1 aliphatic heterocycles. The Bertz CT molecular complexity index is 1150. The van der Waals surface area contributed by atoms with Crippen LogP contribution < -0.4 is 0 Å². The van der Waals surface area contributed by atoms with Crippen LogP contribution in [0.15, 0.2) is 75.1 Å². The first-order valence-electron chi connectivity index (χ1n) is 9.20. The number of aryl methyl sites for hydroxylation is 1. The standard InChI is InChI=1S/C23H17BrFNO4/c1-13-2-11-18(30-13)20-19(21(27)15-5-7-16(24)8-6-15)22(28)23(29)26(20)12-14-3-9-17(25)10-4-14/h2-11,20,27H,12H2,1H3/b21-19-.